The van der Waals surface area contributed by atoms with Gasteiger partial charge in [0, 0.05) is 24.7 Å². The monoisotopic (exact) mass is 344 g/mol. The molecule has 2 unspecified atom stereocenters. The highest BCUT2D eigenvalue weighted by Crippen LogP contribution is 2.24. The maximum absolute atomic E-state index is 12.8. The van der Waals surface area contributed by atoms with E-state index in [-0.39, 0.29) is 37.0 Å². The minimum atomic E-state index is -0.377. The van der Waals surface area contributed by atoms with Crippen LogP contribution in [0.4, 0.5) is 4.79 Å². The highest BCUT2D eigenvalue weighted by atomic mass is 16.2. The Balaban J connectivity index is 1.68. The van der Waals surface area contributed by atoms with Gasteiger partial charge >= 0.3 is 6.03 Å². The van der Waals surface area contributed by atoms with Crippen LogP contribution in [0.1, 0.15) is 35.7 Å². The summed E-state index contributed by atoms with van der Waals surface area (Å²) in [4.78, 5) is 39.0. The molecule has 7 nitrogen and oxygen atoms in total. The van der Waals surface area contributed by atoms with Crippen molar-refractivity contribution >= 4 is 17.8 Å². The molecule has 2 heterocycles. The van der Waals surface area contributed by atoms with Gasteiger partial charge in [-0.2, -0.15) is 0 Å². The van der Waals surface area contributed by atoms with Crippen LogP contribution in [0.15, 0.2) is 24.3 Å². The maximum atomic E-state index is 12.8. The smallest absolute Gasteiger partial charge is 0.324 e. The lowest BCUT2D eigenvalue weighted by atomic mass is 9.92. The predicted molar refractivity (Wildman–Crippen MR) is 92.7 cm³/mol. The van der Waals surface area contributed by atoms with Gasteiger partial charge in [-0.3, -0.25) is 14.5 Å². The van der Waals surface area contributed by atoms with Crippen LogP contribution in [0.2, 0.25) is 0 Å². The number of hydrogen-bond acceptors (Lipinski definition) is 4. The molecule has 4 amide bonds. The highest BCUT2D eigenvalue weighted by molar-refractivity contribution is 6.01. The zero-order valence-electron chi connectivity index (χ0n) is 14.4. The van der Waals surface area contributed by atoms with Gasteiger partial charge in [0.05, 0.1) is 13.1 Å². The Labute approximate surface area is 147 Å². The molecule has 134 valence electrons. The van der Waals surface area contributed by atoms with Crippen molar-refractivity contribution in [2.24, 2.45) is 11.7 Å². The summed E-state index contributed by atoms with van der Waals surface area (Å²) in [6.07, 6.45) is 1.93. The number of imide groups is 1. The molecule has 25 heavy (non-hydrogen) atoms. The standard InChI is InChI=1S/C18H24N4O3/c1-12-6-7-21(15(8-12)9-19)17(24)14-4-2-13(3-5-14)11-22-16(23)10-20-18(22)25/h2-5,12,15H,6-11,19H2,1H3,(H,20,25). The van der Waals surface area contributed by atoms with Gasteiger partial charge in [-0.15, -0.1) is 0 Å². The number of carbonyl (C=O) groups is 3. The maximum Gasteiger partial charge on any atom is 0.324 e. The molecule has 0 saturated carbocycles. The number of nitrogens with two attached hydrogens (primary N) is 1. The third-order valence-electron chi connectivity index (χ3n) is 4.99. The van der Waals surface area contributed by atoms with Crippen LogP contribution in [0.25, 0.3) is 0 Å². The molecule has 7 heteroatoms. The van der Waals surface area contributed by atoms with E-state index < -0.39 is 0 Å². The van der Waals surface area contributed by atoms with Gasteiger partial charge in [-0.05, 0) is 36.5 Å². The van der Waals surface area contributed by atoms with Gasteiger partial charge in [0.2, 0.25) is 5.91 Å². The molecular formula is C18H24N4O3. The van der Waals surface area contributed by atoms with Crippen molar-refractivity contribution in [3.63, 3.8) is 0 Å². The van der Waals surface area contributed by atoms with E-state index in [4.69, 9.17) is 5.73 Å². The normalized spacial score (nSPS) is 23.8. The van der Waals surface area contributed by atoms with E-state index in [1.165, 1.54) is 4.90 Å². The van der Waals surface area contributed by atoms with E-state index in [1.54, 1.807) is 24.3 Å². The third kappa shape index (κ3) is 3.66. The topological polar surface area (TPSA) is 95.7 Å². The fourth-order valence-electron chi connectivity index (χ4n) is 3.46. The van der Waals surface area contributed by atoms with Crippen LogP contribution in [-0.2, 0) is 11.3 Å². The van der Waals surface area contributed by atoms with E-state index in [0.717, 1.165) is 24.9 Å². The number of hydrogen-bond donors (Lipinski definition) is 2. The first-order valence-electron chi connectivity index (χ1n) is 8.67. The van der Waals surface area contributed by atoms with E-state index in [9.17, 15) is 14.4 Å². The van der Waals surface area contributed by atoms with E-state index in [2.05, 4.69) is 12.2 Å². The fraction of sp³-hybridized carbons (Fsp3) is 0.500. The molecule has 0 aliphatic carbocycles. The van der Waals surface area contributed by atoms with Crippen molar-refractivity contribution in [3.8, 4) is 0 Å². The number of likely N-dealkylation sites (tertiary alicyclic amines) is 1. The SMILES string of the molecule is CC1CCN(C(=O)c2ccc(CN3C(=O)CNC3=O)cc2)C(CN)C1. The molecule has 1 aromatic rings. The fourth-order valence-corrected chi connectivity index (χ4v) is 3.46. The van der Waals surface area contributed by atoms with Gasteiger partial charge in [0.1, 0.15) is 0 Å². The van der Waals surface area contributed by atoms with Crippen LogP contribution < -0.4 is 11.1 Å². The van der Waals surface area contributed by atoms with Crippen molar-refractivity contribution in [1.29, 1.82) is 0 Å². The lowest BCUT2D eigenvalue weighted by Gasteiger charge is -2.38. The molecule has 0 aromatic heterocycles. The first-order valence-corrected chi connectivity index (χ1v) is 8.67. The van der Waals surface area contributed by atoms with Gasteiger partial charge in [-0.1, -0.05) is 19.1 Å². The zero-order chi connectivity index (χ0) is 18.0. The second kappa shape index (κ2) is 7.23. The summed E-state index contributed by atoms with van der Waals surface area (Å²) in [5, 5.41) is 2.49. The molecule has 2 aliphatic rings. The number of piperidine rings is 1. The summed E-state index contributed by atoms with van der Waals surface area (Å²) in [5.41, 5.74) is 7.26. The molecular weight excluding hydrogens is 320 g/mol. The van der Waals surface area contributed by atoms with E-state index in [0.29, 0.717) is 18.0 Å². The lowest BCUT2D eigenvalue weighted by Crippen LogP contribution is -2.49. The minimum Gasteiger partial charge on any atom is -0.334 e. The number of rotatable bonds is 4. The average molecular weight is 344 g/mol. The molecule has 3 N–H and O–H groups in total. The van der Waals surface area contributed by atoms with Crippen LogP contribution >= 0.6 is 0 Å². The largest absolute Gasteiger partial charge is 0.334 e. The Morgan fingerprint density at radius 1 is 1.28 bits per heavy atom. The van der Waals surface area contributed by atoms with Crippen LogP contribution in [0, 0.1) is 5.92 Å². The van der Waals surface area contributed by atoms with Gasteiger partial charge in [0.15, 0.2) is 0 Å². The number of benzene rings is 1. The summed E-state index contributed by atoms with van der Waals surface area (Å²) in [6.45, 7) is 3.65. The summed E-state index contributed by atoms with van der Waals surface area (Å²) < 4.78 is 0. The number of amides is 4. The number of carbonyl (C=O) groups excluding carboxylic acids is 3. The Morgan fingerprint density at radius 3 is 2.60 bits per heavy atom. The van der Waals surface area contributed by atoms with Gasteiger partial charge < -0.3 is 16.0 Å². The van der Waals surface area contributed by atoms with Crippen molar-refractivity contribution in [3.05, 3.63) is 35.4 Å². The van der Waals surface area contributed by atoms with E-state index >= 15 is 0 Å². The van der Waals surface area contributed by atoms with Crippen molar-refractivity contribution in [1.82, 2.24) is 15.1 Å². The van der Waals surface area contributed by atoms with E-state index in [1.807, 2.05) is 4.90 Å². The average Bonchev–Trinajstić information content (AvgIpc) is 2.93. The van der Waals surface area contributed by atoms with Crippen LogP contribution in [-0.4, -0.2) is 53.3 Å². The Morgan fingerprint density at radius 2 is 2.00 bits per heavy atom. The minimum absolute atomic E-state index is 0.0103. The first kappa shape index (κ1) is 17.4. The summed E-state index contributed by atoms with van der Waals surface area (Å²) >= 11 is 0. The Hall–Kier alpha value is -2.41. The van der Waals surface area contributed by atoms with Crippen LogP contribution in [0.3, 0.4) is 0 Å². The summed E-state index contributed by atoms with van der Waals surface area (Å²) in [5.74, 6) is 0.339. The molecule has 0 spiro atoms. The van der Waals surface area contributed by atoms with Gasteiger partial charge in [0.25, 0.3) is 5.91 Å². The number of nitrogens with zero attached hydrogens (tertiary/aromatic N) is 2. The zero-order valence-corrected chi connectivity index (χ0v) is 14.4. The second-order valence-corrected chi connectivity index (χ2v) is 6.85. The Bertz CT molecular complexity index is 657. The number of urea groups is 1. The first-order chi connectivity index (χ1) is 12.0. The van der Waals surface area contributed by atoms with Crippen molar-refractivity contribution in [2.45, 2.75) is 32.4 Å². The molecule has 1 aromatic carbocycles. The molecule has 0 radical (unpaired) electrons. The molecule has 3 rings (SSSR count). The van der Waals surface area contributed by atoms with Crippen molar-refractivity contribution in [2.75, 3.05) is 19.6 Å². The molecule has 2 aliphatic heterocycles. The molecule has 0 bridgehead atoms. The predicted octanol–water partition coefficient (Wildman–Crippen LogP) is 0.938. The van der Waals surface area contributed by atoms with Crippen molar-refractivity contribution < 1.29 is 14.4 Å². The van der Waals surface area contributed by atoms with Crippen LogP contribution in [0.5, 0.6) is 0 Å². The Kier molecular flexibility index (Phi) is 5.03. The van der Waals surface area contributed by atoms with Gasteiger partial charge in [-0.25, -0.2) is 4.79 Å². The number of nitrogens with one attached hydrogen (secondary N) is 1. The highest BCUT2D eigenvalue weighted by Gasteiger charge is 2.30. The second-order valence-electron chi connectivity index (χ2n) is 6.85. The molecule has 2 atom stereocenters. The molecule has 2 fully saturated rings. The third-order valence-corrected chi connectivity index (χ3v) is 4.99. The molecule has 2 saturated heterocycles. The lowest BCUT2D eigenvalue weighted by molar-refractivity contribution is -0.125. The summed E-state index contributed by atoms with van der Waals surface area (Å²) in [7, 11) is 0. The summed E-state index contributed by atoms with van der Waals surface area (Å²) in [6, 6.07) is 6.79. The quantitative estimate of drug-likeness (QED) is 0.795.